The van der Waals surface area contributed by atoms with Gasteiger partial charge in [0, 0.05) is 5.56 Å². The zero-order valence-electron chi connectivity index (χ0n) is 7.00. The molecule has 0 N–H and O–H groups in total. The molecule has 12 heavy (non-hydrogen) atoms. The average molecular weight is 174 g/mol. The SMILES string of the molecule is C=C(C)SC#Cc1ccccc1. The van der Waals surface area contributed by atoms with E-state index in [0.717, 1.165) is 10.5 Å². The molecule has 0 heterocycles. The van der Waals surface area contributed by atoms with Crippen molar-refractivity contribution in [1.82, 2.24) is 0 Å². The Morgan fingerprint density at radius 2 is 2.00 bits per heavy atom. The van der Waals surface area contributed by atoms with Crippen LogP contribution >= 0.6 is 11.8 Å². The lowest BCUT2D eigenvalue weighted by Gasteiger charge is -1.86. The molecule has 1 heteroatoms. The van der Waals surface area contributed by atoms with Crippen molar-refractivity contribution in [3.8, 4) is 11.2 Å². The van der Waals surface area contributed by atoms with Gasteiger partial charge < -0.3 is 0 Å². The second-order valence-corrected chi connectivity index (χ2v) is 3.50. The van der Waals surface area contributed by atoms with Gasteiger partial charge >= 0.3 is 0 Å². The molecule has 0 radical (unpaired) electrons. The van der Waals surface area contributed by atoms with Gasteiger partial charge in [-0.1, -0.05) is 30.7 Å². The second-order valence-electron chi connectivity index (χ2n) is 2.40. The summed E-state index contributed by atoms with van der Waals surface area (Å²) in [4.78, 5) is 1.03. The smallest absolute Gasteiger partial charge is 0.0254 e. The van der Waals surface area contributed by atoms with E-state index in [2.05, 4.69) is 17.8 Å². The highest BCUT2D eigenvalue weighted by molar-refractivity contribution is 8.07. The Morgan fingerprint density at radius 1 is 1.33 bits per heavy atom. The summed E-state index contributed by atoms with van der Waals surface area (Å²) in [7, 11) is 0. The summed E-state index contributed by atoms with van der Waals surface area (Å²) in [6.07, 6.45) is 0. The normalized spacial score (nSPS) is 8.42. The Hall–Kier alpha value is -1.13. The molecule has 60 valence electrons. The van der Waals surface area contributed by atoms with E-state index < -0.39 is 0 Å². The van der Waals surface area contributed by atoms with E-state index in [0.29, 0.717) is 0 Å². The van der Waals surface area contributed by atoms with Gasteiger partial charge in [0.15, 0.2) is 0 Å². The van der Waals surface area contributed by atoms with Gasteiger partial charge in [-0.05, 0) is 41.0 Å². The van der Waals surface area contributed by atoms with Crippen LogP contribution in [0.2, 0.25) is 0 Å². The van der Waals surface area contributed by atoms with Crippen LogP contribution < -0.4 is 0 Å². The van der Waals surface area contributed by atoms with Crippen LogP contribution in [0.1, 0.15) is 12.5 Å². The van der Waals surface area contributed by atoms with E-state index in [1.807, 2.05) is 37.3 Å². The van der Waals surface area contributed by atoms with Crippen LogP contribution in [0.5, 0.6) is 0 Å². The maximum Gasteiger partial charge on any atom is 0.0254 e. The third-order valence-electron chi connectivity index (χ3n) is 1.19. The van der Waals surface area contributed by atoms with Gasteiger partial charge in [-0.15, -0.1) is 0 Å². The van der Waals surface area contributed by atoms with Crippen LogP contribution in [-0.4, -0.2) is 0 Å². The van der Waals surface area contributed by atoms with Crippen molar-refractivity contribution in [3.63, 3.8) is 0 Å². The number of hydrogen-bond donors (Lipinski definition) is 0. The lowest BCUT2D eigenvalue weighted by Crippen LogP contribution is -1.68. The molecule has 0 aromatic heterocycles. The van der Waals surface area contributed by atoms with E-state index in [4.69, 9.17) is 0 Å². The Balaban J connectivity index is 2.61. The fraction of sp³-hybridized carbons (Fsp3) is 0.0909. The van der Waals surface area contributed by atoms with Crippen molar-refractivity contribution in [3.05, 3.63) is 47.4 Å². The molecule has 0 nitrogen and oxygen atoms in total. The average Bonchev–Trinajstić information content (AvgIpc) is 2.05. The molecule has 0 saturated heterocycles. The van der Waals surface area contributed by atoms with Gasteiger partial charge in [-0.3, -0.25) is 0 Å². The number of thioether (sulfide) groups is 1. The fourth-order valence-electron chi connectivity index (χ4n) is 0.693. The highest BCUT2D eigenvalue weighted by Crippen LogP contribution is 2.09. The quantitative estimate of drug-likeness (QED) is 0.589. The minimum atomic E-state index is 1.03. The van der Waals surface area contributed by atoms with Crippen LogP contribution in [0, 0.1) is 11.2 Å². The minimum Gasteiger partial charge on any atom is -0.0888 e. The maximum atomic E-state index is 3.75. The number of hydrogen-bond acceptors (Lipinski definition) is 1. The van der Waals surface area contributed by atoms with Crippen LogP contribution in [0.3, 0.4) is 0 Å². The van der Waals surface area contributed by atoms with Crippen molar-refractivity contribution in [2.24, 2.45) is 0 Å². The van der Waals surface area contributed by atoms with Gasteiger partial charge in [0.1, 0.15) is 0 Å². The molecule has 1 aromatic carbocycles. The first-order valence-corrected chi connectivity index (χ1v) is 4.49. The molecule has 0 saturated carbocycles. The Bertz CT molecular complexity index is 314. The van der Waals surface area contributed by atoms with Gasteiger partial charge in [-0.2, -0.15) is 0 Å². The molecule has 0 aliphatic carbocycles. The third-order valence-corrected chi connectivity index (χ3v) is 1.75. The maximum absolute atomic E-state index is 3.75. The Kier molecular flexibility index (Phi) is 3.50. The van der Waals surface area contributed by atoms with Gasteiger partial charge in [0.25, 0.3) is 0 Å². The molecule has 1 aromatic rings. The lowest BCUT2D eigenvalue weighted by molar-refractivity contribution is 1.65. The van der Waals surface area contributed by atoms with Crippen LogP contribution in [0.15, 0.2) is 41.8 Å². The summed E-state index contributed by atoms with van der Waals surface area (Å²) >= 11 is 1.47. The van der Waals surface area contributed by atoms with Crippen molar-refractivity contribution in [2.75, 3.05) is 0 Å². The molecule has 0 amide bonds. The van der Waals surface area contributed by atoms with Crippen LogP contribution in [0.25, 0.3) is 0 Å². The third kappa shape index (κ3) is 3.32. The van der Waals surface area contributed by atoms with Gasteiger partial charge in [0.05, 0.1) is 0 Å². The summed E-state index contributed by atoms with van der Waals surface area (Å²) in [6.45, 7) is 5.70. The summed E-state index contributed by atoms with van der Waals surface area (Å²) in [5.41, 5.74) is 1.05. The number of benzene rings is 1. The van der Waals surface area contributed by atoms with E-state index in [1.54, 1.807) is 0 Å². The summed E-state index contributed by atoms with van der Waals surface area (Å²) in [6, 6.07) is 9.93. The lowest BCUT2D eigenvalue weighted by atomic mass is 10.2. The number of allylic oxidation sites excluding steroid dienone is 1. The van der Waals surface area contributed by atoms with Crippen LogP contribution in [0.4, 0.5) is 0 Å². The Labute approximate surface area is 77.7 Å². The topological polar surface area (TPSA) is 0 Å². The second kappa shape index (κ2) is 4.69. The molecule has 0 spiro atoms. The first-order valence-electron chi connectivity index (χ1n) is 3.67. The molecule has 0 atom stereocenters. The molecule has 0 bridgehead atoms. The zero-order chi connectivity index (χ0) is 8.81. The molecular formula is C11H10S. The highest BCUT2D eigenvalue weighted by atomic mass is 32.2. The van der Waals surface area contributed by atoms with E-state index in [-0.39, 0.29) is 0 Å². The molecule has 1 rings (SSSR count). The van der Waals surface area contributed by atoms with Crippen molar-refractivity contribution in [1.29, 1.82) is 0 Å². The van der Waals surface area contributed by atoms with Crippen LogP contribution in [-0.2, 0) is 0 Å². The fourth-order valence-corrected chi connectivity index (χ4v) is 1.04. The highest BCUT2D eigenvalue weighted by Gasteiger charge is 1.81. The van der Waals surface area contributed by atoms with Crippen molar-refractivity contribution < 1.29 is 0 Å². The number of rotatable bonds is 1. The van der Waals surface area contributed by atoms with Gasteiger partial charge in [-0.25, -0.2) is 0 Å². The molecular weight excluding hydrogens is 164 g/mol. The van der Waals surface area contributed by atoms with Gasteiger partial charge in [0.2, 0.25) is 0 Å². The molecule has 0 fully saturated rings. The van der Waals surface area contributed by atoms with E-state index in [1.165, 1.54) is 11.8 Å². The predicted molar refractivity (Wildman–Crippen MR) is 55.7 cm³/mol. The standard InChI is InChI=1S/C11H10S/c1-10(2)12-9-8-11-6-4-3-5-7-11/h3-7H,1H2,2H3. The monoisotopic (exact) mass is 174 g/mol. The first-order chi connectivity index (χ1) is 5.79. The molecule has 0 aliphatic heterocycles. The molecule has 0 unspecified atom stereocenters. The zero-order valence-corrected chi connectivity index (χ0v) is 7.82. The van der Waals surface area contributed by atoms with E-state index in [9.17, 15) is 0 Å². The van der Waals surface area contributed by atoms with E-state index >= 15 is 0 Å². The van der Waals surface area contributed by atoms with Crippen molar-refractivity contribution >= 4 is 11.8 Å². The Morgan fingerprint density at radius 3 is 2.58 bits per heavy atom. The summed E-state index contributed by atoms with van der Waals surface area (Å²) in [5, 5.41) is 2.97. The predicted octanol–water partition coefficient (Wildman–Crippen LogP) is 3.26. The van der Waals surface area contributed by atoms with Crippen molar-refractivity contribution in [2.45, 2.75) is 6.92 Å². The summed E-state index contributed by atoms with van der Waals surface area (Å²) < 4.78 is 0. The largest absolute Gasteiger partial charge is 0.0888 e. The minimum absolute atomic E-state index is 1.03. The summed E-state index contributed by atoms with van der Waals surface area (Å²) in [5.74, 6) is 3.03. The first kappa shape index (κ1) is 8.96. The molecule has 0 aliphatic rings.